The van der Waals surface area contributed by atoms with E-state index < -0.39 is 0 Å². The summed E-state index contributed by atoms with van der Waals surface area (Å²) >= 11 is 0. The Labute approximate surface area is 260 Å². The first-order valence-corrected chi connectivity index (χ1v) is 15.6. The van der Waals surface area contributed by atoms with Crippen molar-refractivity contribution in [1.82, 2.24) is 4.40 Å². The van der Waals surface area contributed by atoms with E-state index in [4.69, 9.17) is 0 Å². The van der Waals surface area contributed by atoms with Crippen LogP contribution in [-0.4, -0.2) is 4.40 Å². The number of pyridine rings is 1. The summed E-state index contributed by atoms with van der Waals surface area (Å²) in [7, 11) is 0. The zero-order chi connectivity index (χ0) is 29.5. The molecular weight excluding hydrogens is 542 g/mol. The van der Waals surface area contributed by atoms with Crippen LogP contribution < -0.4 is 0 Å². The Kier molecular flexibility index (Phi) is 5.06. The van der Waals surface area contributed by atoms with Crippen molar-refractivity contribution in [2.24, 2.45) is 0 Å². The minimum Gasteiger partial charge on any atom is -0.308 e. The van der Waals surface area contributed by atoms with Crippen molar-refractivity contribution >= 4 is 70.4 Å². The SMILES string of the molecule is c1ccc(-c2c3ccccc3n3c4ccccc4c4cc(-c5ccc6c7ccccc7c7ccccc7c6c5)ccc4c23)cc1. The maximum absolute atomic E-state index is 2.47. The minimum absolute atomic E-state index is 1.23. The number of fused-ring (bicyclic) bond motifs is 14. The highest BCUT2D eigenvalue weighted by Crippen LogP contribution is 2.43. The normalized spacial score (nSPS) is 12.0. The van der Waals surface area contributed by atoms with Crippen molar-refractivity contribution in [2.45, 2.75) is 0 Å². The fourth-order valence-corrected chi connectivity index (χ4v) is 7.78. The lowest BCUT2D eigenvalue weighted by molar-refractivity contribution is 1.35. The third-order valence-electron chi connectivity index (χ3n) is 9.72. The molecule has 0 aliphatic rings. The summed E-state index contributed by atoms with van der Waals surface area (Å²) < 4.78 is 2.47. The van der Waals surface area contributed by atoms with Gasteiger partial charge >= 0.3 is 0 Å². The van der Waals surface area contributed by atoms with E-state index in [-0.39, 0.29) is 0 Å². The Morgan fingerprint density at radius 2 is 0.689 bits per heavy atom. The van der Waals surface area contributed by atoms with Gasteiger partial charge in [0.25, 0.3) is 0 Å². The number of hydrogen-bond acceptors (Lipinski definition) is 0. The predicted octanol–water partition coefficient (Wildman–Crippen LogP) is 12.2. The van der Waals surface area contributed by atoms with E-state index in [1.165, 1.54) is 92.7 Å². The predicted molar refractivity (Wildman–Crippen MR) is 193 cm³/mol. The standard InChI is InChI=1S/C44H27N/c1-2-12-28(13-3-1)43-38-19-9-11-21-42(38)45-41-20-10-8-18-36(41)40-27-30(23-25-37(40)44(43)45)29-22-24-35-33-16-5-4-14-31(33)32-15-6-7-17-34(32)39(35)26-29/h1-27H. The maximum Gasteiger partial charge on any atom is 0.0625 e. The number of hydrogen-bond donors (Lipinski definition) is 0. The Morgan fingerprint density at radius 3 is 1.31 bits per heavy atom. The molecule has 208 valence electrons. The summed E-state index contributed by atoms with van der Waals surface area (Å²) in [6.45, 7) is 0. The molecule has 0 spiro atoms. The highest BCUT2D eigenvalue weighted by atomic mass is 14.9. The third kappa shape index (κ3) is 3.44. The molecule has 8 aromatic carbocycles. The fraction of sp³-hybridized carbons (Fsp3) is 0. The monoisotopic (exact) mass is 569 g/mol. The van der Waals surface area contributed by atoms with Gasteiger partial charge in [0.05, 0.1) is 16.6 Å². The van der Waals surface area contributed by atoms with Crippen LogP contribution in [-0.2, 0) is 0 Å². The van der Waals surface area contributed by atoms with Crippen molar-refractivity contribution in [3.8, 4) is 22.3 Å². The van der Waals surface area contributed by atoms with Gasteiger partial charge in [0, 0.05) is 21.7 Å². The lowest BCUT2D eigenvalue weighted by atomic mass is 9.91. The molecule has 0 N–H and O–H groups in total. The van der Waals surface area contributed by atoms with Gasteiger partial charge < -0.3 is 4.40 Å². The molecule has 0 fully saturated rings. The lowest BCUT2D eigenvalue weighted by Crippen LogP contribution is -1.92. The smallest absolute Gasteiger partial charge is 0.0625 e. The summed E-state index contributed by atoms with van der Waals surface area (Å²) in [6.07, 6.45) is 0. The van der Waals surface area contributed by atoms with Crippen molar-refractivity contribution in [3.63, 3.8) is 0 Å². The van der Waals surface area contributed by atoms with E-state index in [9.17, 15) is 0 Å². The number of para-hydroxylation sites is 2. The quantitative estimate of drug-likeness (QED) is 0.182. The Bertz CT molecular complexity index is 2770. The van der Waals surface area contributed by atoms with Gasteiger partial charge in [-0.3, -0.25) is 0 Å². The maximum atomic E-state index is 2.47. The van der Waals surface area contributed by atoms with Gasteiger partial charge in [-0.25, -0.2) is 0 Å². The molecule has 0 atom stereocenters. The number of benzene rings is 8. The van der Waals surface area contributed by atoms with Gasteiger partial charge in [0.2, 0.25) is 0 Å². The molecule has 0 bridgehead atoms. The highest BCUT2D eigenvalue weighted by molar-refractivity contribution is 6.26. The minimum atomic E-state index is 1.23. The van der Waals surface area contributed by atoms with Crippen LogP contribution in [0.3, 0.4) is 0 Å². The molecule has 2 aromatic heterocycles. The zero-order valence-corrected chi connectivity index (χ0v) is 24.5. The average Bonchev–Trinajstić information content (AvgIpc) is 3.47. The molecule has 0 aliphatic heterocycles. The van der Waals surface area contributed by atoms with Gasteiger partial charge in [-0.1, -0.05) is 140 Å². The number of aromatic nitrogens is 1. The second-order valence-corrected chi connectivity index (χ2v) is 12.1. The van der Waals surface area contributed by atoms with Crippen LogP contribution in [0.2, 0.25) is 0 Å². The van der Waals surface area contributed by atoms with Gasteiger partial charge in [0.15, 0.2) is 0 Å². The van der Waals surface area contributed by atoms with E-state index in [1.807, 2.05) is 0 Å². The summed E-state index contributed by atoms with van der Waals surface area (Å²) in [6, 6.07) is 60.2. The highest BCUT2D eigenvalue weighted by Gasteiger charge is 2.19. The first-order chi connectivity index (χ1) is 22.3. The Hall–Kier alpha value is -5.92. The van der Waals surface area contributed by atoms with Crippen LogP contribution in [0.1, 0.15) is 0 Å². The van der Waals surface area contributed by atoms with E-state index in [0.717, 1.165) is 0 Å². The summed E-state index contributed by atoms with van der Waals surface area (Å²) in [5.74, 6) is 0. The number of rotatable bonds is 2. The Morgan fingerprint density at radius 1 is 0.267 bits per heavy atom. The summed E-state index contributed by atoms with van der Waals surface area (Å²) in [4.78, 5) is 0. The summed E-state index contributed by atoms with van der Waals surface area (Å²) in [5.41, 5.74) is 8.72. The second kappa shape index (κ2) is 9.29. The van der Waals surface area contributed by atoms with Crippen LogP contribution >= 0.6 is 0 Å². The molecule has 10 rings (SSSR count). The molecule has 45 heavy (non-hydrogen) atoms. The van der Waals surface area contributed by atoms with Gasteiger partial charge in [-0.05, 0) is 78.7 Å². The largest absolute Gasteiger partial charge is 0.308 e. The second-order valence-electron chi connectivity index (χ2n) is 12.1. The molecule has 0 radical (unpaired) electrons. The topological polar surface area (TPSA) is 4.41 Å². The number of nitrogens with zero attached hydrogens (tertiary/aromatic N) is 1. The van der Waals surface area contributed by atoms with Crippen LogP contribution in [0, 0.1) is 0 Å². The van der Waals surface area contributed by atoms with Crippen LogP contribution in [0.5, 0.6) is 0 Å². The molecule has 0 aliphatic carbocycles. The van der Waals surface area contributed by atoms with Crippen LogP contribution in [0.15, 0.2) is 164 Å². The van der Waals surface area contributed by atoms with Crippen LogP contribution in [0.4, 0.5) is 0 Å². The van der Waals surface area contributed by atoms with Crippen LogP contribution in [0.25, 0.3) is 92.7 Å². The molecule has 0 amide bonds. The first kappa shape index (κ1) is 24.5. The molecular formula is C44H27N. The van der Waals surface area contributed by atoms with E-state index in [1.54, 1.807) is 0 Å². The average molecular weight is 570 g/mol. The third-order valence-corrected chi connectivity index (χ3v) is 9.72. The van der Waals surface area contributed by atoms with Crippen molar-refractivity contribution in [2.75, 3.05) is 0 Å². The van der Waals surface area contributed by atoms with E-state index in [2.05, 4.69) is 168 Å². The zero-order valence-electron chi connectivity index (χ0n) is 24.5. The van der Waals surface area contributed by atoms with Gasteiger partial charge in [-0.2, -0.15) is 0 Å². The first-order valence-electron chi connectivity index (χ1n) is 15.6. The lowest BCUT2D eigenvalue weighted by Gasteiger charge is -2.14. The molecule has 0 saturated carbocycles. The van der Waals surface area contributed by atoms with E-state index >= 15 is 0 Å². The van der Waals surface area contributed by atoms with Crippen molar-refractivity contribution in [1.29, 1.82) is 0 Å². The Balaban J connectivity index is 1.31. The van der Waals surface area contributed by atoms with Crippen molar-refractivity contribution in [3.05, 3.63) is 164 Å². The molecule has 2 heterocycles. The molecule has 1 nitrogen and oxygen atoms in total. The molecule has 0 unspecified atom stereocenters. The van der Waals surface area contributed by atoms with E-state index in [0.29, 0.717) is 0 Å². The van der Waals surface area contributed by atoms with Gasteiger partial charge in [0.1, 0.15) is 0 Å². The fourth-order valence-electron chi connectivity index (χ4n) is 7.78. The molecule has 1 heteroatoms. The molecule has 10 aromatic rings. The summed E-state index contributed by atoms with van der Waals surface area (Å²) in [5, 5.41) is 12.9. The van der Waals surface area contributed by atoms with Gasteiger partial charge in [-0.15, -0.1) is 0 Å². The van der Waals surface area contributed by atoms with Crippen molar-refractivity contribution < 1.29 is 0 Å². The molecule has 0 saturated heterocycles.